The van der Waals surface area contributed by atoms with Crippen LogP contribution in [0.15, 0.2) is 54.9 Å². The standard InChI is InChI=1S/C19H15ClN2O3/c1-25-18-16(14-3-2-4-15(20)9-14)8-13(11-22-18)7-12-5-6-17(19(23)24)21-10-12/h2-6,8-11H,7H2,1H3,(H,23,24). The zero-order valence-electron chi connectivity index (χ0n) is 13.4. The highest BCUT2D eigenvalue weighted by molar-refractivity contribution is 6.30. The molecule has 0 aliphatic heterocycles. The maximum absolute atomic E-state index is 10.9. The van der Waals surface area contributed by atoms with E-state index in [0.29, 0.717) is 17.3 Å². The number of rotatable bonds is 5. The molecule has 0 fully saturated rings. The lowest BCUT2D eigenvalue weighted by Gasteiger charge is -2.10. The topological polar surface area (TPSA) is 72.3 Å². The van der Waals surface area contributed by atoms with Crippen LogP contribution in [-0.4, -0.2) is 28.2 Å². The molecule has 0 saturated carbocycles. The first-order valence-electron chi connectivity index (χ1n) is 7.54. The Kier molecular flexibility index (Phi) is 4.95. The second-order valence-corrected chi connectivity index (χ2v) is 5.88. The minimum Gasteiger partial charge on any atom is -0.481 e. The Morgan fingerprint density at radius 3 is 2.56 bits per heavy atom. The quantitative estimate of drug-likeness (QED) is 0.747. The molecule has 3 rings (SSSR count). The van der Waals surface area contributed by atoms with Gasteiger partial charge in [-0.15, -0.1) is 0 Å². The smallest absolute Gasteiger partial charge is 0.354 e. The molecule has 25 heavy (non-hydrogen) atoms. The minimum atomic E-state index is -1.04. The van der Waals surface area contributed by atoms with Crippen molar-refractivity contribution in [1.29, 1.82) is 0 Å². The molecule has 0 saturated heterocycles. The summed E-state index contributed by atoms with van der Waals surface area (Å²) in [7, 11) is 1.57. The summed E-state index contributed by atoms with van der Waals surface area (Å²) in [5.74, 6) is -0.522. The molecule has 1 aromatic carbocycles. The van der Waals surface area contributed by atoms with Gasteiger partial charge in [-0.2, -0.15) is 0 Å². The van der Waals surface area contributed by atoms with E-state index in [1.807, 2.05) is 30.3 Å². The number of ether oxygens (including phenoxy) is 1. The van der Waals surface area contributed by atoms with Crippen molar-refractivity contribution >= 4 is 17.6 Å². The van der Waals surface area contributed by atoms with Gasteiger partial charge in [0.1, 0.15) is 5.69 Å². The van der Waals surface area contributed by atoms with Crippen molar-refractivity contribution in [2.24, 2.45) is 0 Å². The number of carboxylic acid groups (broad SMARTS) is 1. The van der Waals surface area contributed by atoms with E-state index in [1.165, 1.54) is 6.07 Å². The summed E-state index contributed by atoms with van der Waals surface area (Å²) in [6.07, 6.45) is 3.88. The maximum Gasteiger partial charge on any atom is 0.354 e. The molecule has 0 aliphatic carbocycles. The molecule has 0 radical (unpaired) electrons. The average molecular weight is 355 g/mol. The van der Waals surface area contributed by atoms with Crippen molar-refractivity contribution in [3.8, 4) is 17.0 Å². The van der Waals surface area contributed by atoms with E-state index in [2.05, 4.69) is 9.97 Å². The van der Waals surface area contributed by atoms with Crippen LogP contribution >= 0.6 is 11.6 Å². The Morgan fingerprint density at radius 1 is 1.12 bits per heavy atom. The number of hydrogen-bond acceptors (Lipinski definition) is 4. The Labute approximate surface area is 149 Å². The molecule has 0 spiro atoms. The van der Waals surface area contributed by atoms with Crippen LogP contribution in [0.3, 0.4) is 0 Å². The van der Waals surface area contributed by atoms with E-state index < -0.39 is 5.97 Å². The van der Waals surface area contributed by atoms with Crippen LogP contribution in [0.25, 0.3) is 11.1 Å². The highest BCUT2D eigenvalue weighted by atomic mass is 35.5. The predicted molar refractivity (Wildman–Crippen MR) is 95.2 cm³/mol. The number of carboxylic acids is 1. The second kappa shape index (κ2) is 7.32. The molecule has 3 aromatic rings. The lowest BCUT2D eigenvalue weighted by molar-refractivity contribution is 0.0690. The Bertz CT molecular complexity index is 911. The maximum atomic E-state index is 10.9. The number of methoxy groups -OCH3 is 1. The van der Waals surface area contributed by atoms with E-state index in [0.717, 1.165) is 22.3 Å². The molecule has 1 N–H and O–H groups in total. The summed E-state index contributed by atoms with van der Waals surface area (Å²) >= 11 is 6.08. The molecule has 0 atom stereocenters. The summed E-state index contributed by atoms with van der Waals surface area (Å²) in [5, 5.41) is 9.55. The number of carbonyl (C=O) groups is 1. The molecular formula is C19H15ClN2O3. The van der Waals surface area contributed by atoms with Crippen LogP contribution in [0.4, 0.5) is 0 Å². The third-order valence-electron chi connectivity index (χ3n) is 3.69. The van der Waals surface area contributed by atoms with Crippen molar-refractivity contribution < 1.29 is 14.6 Å². The summed E-state index contributed by atoms with van der Waals surface area (Å²) in [5.41, 5.74) is 3.64. The fourth-order valence-corrected chi connectivity index (χ4v) is 2.70. The van der Waals surface area contributed by atoms with Crippen molar-refractivity contribution in [3.05, 3.63) is 76.7 Å². The molecule has 6 heteroatoms. The third kappa shape index (κ3) is 3.95. The molecule has 0 amide bonds. The van der Waals surface area contributed by atoms with Crippen LogP contribution < -0.4 is 4.74 Å². The van der Waals surface area contributed by atoms with Gasteiger partial charge in [-0.05, 0) is 41.0 Å². The van der Waals surface area contributed by atoms with Gasteiger partial charge in [0.05, 0.1) is 7.11 Å². The fourth-order valence-electron chi connectivity index (χ4n) is 2.51. The number of aromatic nitrogens is 2. The Morgan fingerprint density at radius 2 is 1.92 bits per heavy atom. The monoisotopic (exact) mass is 354 g/mol. The highest BCUT2D eigenvalue weighted by Gasteiger charge is 2.10. The molecule has 5 nitrogen and oxygen atoms in total. The van der Waals surface area contributed by atoms with E-state index in [-0.39, 0.29) is 5.69 Å². The lowest BCUT2D eigenvalue weighted by atomic mass is 10.0. The summed E-state index contributed by atoms with van der Waals surface area (Å²) in [4.78, 5) is 19.2. The number of hydrogen-bond donors (Lipinski definition) is 1. The number of aromatic carboxylic acids is 1. The molecule has 2 aromatic heterocycles. The van der Waals surface area contributed by atoms with E-state index in [9.17, 15) is 4.79 Å². The van der Waals surface area contributed by atoms with Crippen LogP contribution in [0, 0.1) is 0 Å². The predicted octanol–water partition coefficient (Wildman–Crippen LogP) is 4.09. The lowest BCUT2D eigenvalue weighted by Crippen LogP contribution is -2.01. The van der Waals surface area contributed by atoms with Crippen LogP contribution in [0.2, 0.25) is 5.02 Å². The number of nitrogens with zero attached hydrogens (tertiary/aromatic N) is 2. The van der Waals surface area contributed by atoms with Crippen LogP contribution in [0.1, 0.15) is 21.6 Å². The molecule has 2 heterocycles. The average Bonchev–Trinajstić information content (AvgIpc) is 2.62. The molecule has 0 aliphatic rings. The molecule has 0 unspecified atom stereocenters. The van der Waals surface area contributed by atoms with Crippen molar-refractivity contribution in [2.75, 3.05) is 7.11 Å². The largest absolute Gasteiger partial charge is 0.481 e. The zero-order valence-corrected chi connectivity index (χ0v) is 14.2. The number of benzene rings is 1. The van der Waals surface area contributed by atoms with Crippen molar-refractivity contribution in [2.45, 2.75) is 6.42 Å². The first-order chi connectivity index (χ1) is 12.1. The van der Waals surface area contributed by atoms with Gasteiger partial charge in [0.25, 0.3) is 0 Å². The molecule has 0 bridgehead atoms. The van der Waals surface area contributed by atoms with E-state index in [1.54, 1.807) is 25.6 Å². The van der Waals surface area contributed by atoms with E-state index in [4.69, 9.17) is 21.4 Å². The minimum absolute atomic E-state index is 0.0243. The first-order valence-corrected chi connectivity index (χ1v) is 7.91. The Balaban J connectivity index is 1.92. The van der Waals surface area contributed by atoms with Crippen LogP contribution in [-0.2, 0) is 6.42 Å². The van der Waals surface area contributed by atoms with Crippen molar-refractivity contribution in [1.82, 2.24) is 9.97 Å². The SMILES string of the molecule is COc1ncc(Cc2ccc(C(=O)O)nc2)cc1-c1cccc(Cl)c1. The van der Waals surface area contributed by atoms with E-state index >= 15 is 0 Å². The Hall–Kier alpha value is -2.92. The fraction of sp³-hybridized carbons (Fsp3) is 0.105. The summed E-state index contributed by atoms with van der Waals surface area (Å²) in [6, 6.07) is 12.7. The first kappa shape index (κ1) is 16.9. The van der Waals surface area contributed by atoms with Crippen molar-refractivity contribution in [3.63, 3.8) is 0 Å². The van der Waals surface area contributed by atoms with Gasteiger partial charge in [-0.25, -0.2) is 14.8 Å². The van der Waals surface area contributed by atoms with Gasteiger partial charge in [0.15, 0.2) is 0 Å². The zero-order chi connectivity index (χ0) is 17.8. The van der Waals surface area contributed by atoms with Gasteiger partial charge >= 0.3 is 5.97 Å². The van der Waals surface area contributed by atoms with Gasteiger partial charge in [0.2, 0.25) is 5.88 Å². The summed E-state index contributed by atoms with van der Waals surface area (Å²) in [6.45, 7) is 0. The van der Waals surface area contributed by atoms with Gasteiger partial charge in [-0.3, -0.25) is 0 Å². The number of halogens is 1. The normalized spacial score (nSPS) is 10.5. The second-order valence-electron chi connectivity index (χ2n) is 5.44. The molecule has 126 valence electrons. The van der Waals surface area contributed by atoms with Gasteiger partial charge in [0, 0.05) is 29.4 Å². The summed E-state index contributed by atoms with van der Waals surface area (Å²) < 4.78 is 5.36. The number of pyridine rings is 2. The van der Waals surface area contributed by atoms with Crippen LogP contribution in [0.5, 0.6) is 5.88 Å². The molecular weight excluding hydrogens is 340 g/mol. The third-order valence-corrected chi connectivity index (χ3v) is 3.92. The highest BCUT2D eigenvalue weighted by Crippen LogP contribution is 2.31. The van der Waals surface area contributed by atoms with Gasteiger partial charge in [-0.1, -0.05) is 29.8 Å². The van der Waals surface area contributed by atoms with Gasteiger partial charge < -0.3 is 9.84 Å².